The third-order valence-corrected chi connectivity index (χ3v) is 13.5. The number of carbonyl (C=O) groups is 2. The van der Waals surface area contributed by atoms with Gasteiger partial charge in [0.25, 0.3) is 0 Å². The first kappa shape index (κ1) is 63.3. The van der Waals surface area contributed by atoms with Gasteiger partial charge in [0.1, 0.15) is 0 Å². The Morgan fingerprint density at radius 3 is 1.17 bits per heavy atom. The van der Waals surface area contributed by atoms with Gasteiger partial charge in [-0.2, -0.15) is 0 Å². The topological polar surface area (TPSA) is 95.9 Å². The SMILES string of the molecule is CCCCCCCCCCCCCCCCCCCCCC(=O)OCCCCC/C=C\C/C=C\CCCCCCCCCC(=O)NC(CO)C(O)CCCCCCCCCCCCCC. The summed E-state index contributed by atoms with van der Waals surface area (Å²) in [5.74, 6) is -0.0616. The van der Waals surface area contributed by atoms with Crippen molar-refractivity contribution in [3.63, 3.8) is 0 Å². The summed E-state index contributed by atoms with van der Waals surface area (Å²) in [7, 11) is 0. The lowest BCUT2D eigenvalue weighted by Gasteiger charge is -2.22. The largest absolute Gasteiger partial charge is 0.466 e. The molecule has 3 N–H and O–H groups in total. The van der Waals surface area contributed by atoms with Crippen molar-refractivity contribution in [1.82, 2.24) is 5.32 Å². The molecule has 6 nitrogen and oxygen atoms in total. The number of hydrogen-bond acceptors (Lipinski definition) is 5. The lowest BCUT2D eigenvalue weighted by Crippen LogP contribution is -2.45. The van der Waals surface area contributed by atoms with Crippen molar-refractivity contribution in [2.75, 3.05) is 13.2 Å². The van der Waals surface area contributed by atoms with Crippen LogP contribution in [0.15, 0.2) is 24.3 Å². The summed E-state index contributed by atoms with van der Waals surface area (Å²) >= 11 is 0. The quantitative estimate of drug-likeness (QED) is 0.0321. The Morgan fingerprint density at radius 1 is 0.431 bits per heavy atom. The average Bonchev–Trinajstić information content (AvgIpc) is 3.31. The van der Waals surface area contributed by atoms with E-state index in [1.165, 1.54) is 199 Å². The van der Waals surface area contributed by atoms with E-state index in [4.69, 9.17) is 4.74 Å². The fourth-order valence-corrected chi connectivity index (χ4v) is 9.02. The number of rotatable bonds is 54. The Hall–Kier alpha value is -1.66. The molecule has 384 valence electrons. The van der Waals surface area contributed by atoms with Crippen LogP contribution in [0.4, 0.5) is 0 Å². The molecule has 0 heterocycles. The molecule has 0 aliphatic rings. The highest BCUT2D eigenvalue weighted by atomic mass is 16.5. The van der Waals surface area contributed by atoms with Gasteiger partial charge in [-0.1, -0.05) is 263 Å². The van der Waals surface area contributed by atoms with E-state index in [0.29, 0.717) is 25.9 Å². The predicted octanol–water partition coefficient (Wildman–Crippen LogP) is 17.9. The van der Waals surface area contributed by atoms with E-state index in [1.54, 1.807) is 0 Å². The van der Waals surface area contributed by atoms with Crippen LogP contribution in [0.5, 0.6) is 0 Å². The van der Waals surface area contributed by atoms with Crippen molar-refractivity contribution in [3.05, 3.63) is 24.3 Å². The number of aliphatic hydroxyl groups is 2. The molecular formula is C59H113NO5. The zero-order valence-corrected chi connectivity index (χ0v) is 43.7. The second kappa shape index (κ2) is 54.9. The minimum atomic E-state index is -0.673. The van der Waals surface area contributed by atoms with E-state index < -0.39 is 12.1 Å². The highest BCUT2D eigenvalue weighted by Gasteiger charge is 2.20. The van der Waals surface area contributed by atoms with Crippen LogP contribution < -0.4 is 5.32 Å². The summed E-state index contributed by atoms with van der Waals surface area (Å²) in [5.41, 5.74) is 0. The third kappa shape index (κ3) is 51.6. The van der Waals surface area contributed by atoms with Crippen LogP contribution in [0.2, 0.25) is 0 Å². The van der Waals surface area contributed by atoms with Crippen molar-refractivity contribution >= 4 is 11.9 Å². The Morgan fingerprint density at radius 2 is 0.769 bits per heavy atom. The Kier molecular flexibility index (Phi) is 53.5. The minimum Gasteiger partial charge on any atom is -0.466 e. The van der Waals surface area contributed by atoms with Gasteiger partial charge in [0.05, 0.1) is 25.4 Å². The minimum absolute atomic E-state index is 0.0106. The maximum absolute atomic E-state index is 12.4. The lowest BCUT2D eigenvalue weighted by molar-refractivity contribution is -0.143. The summed E-state index contributed by atoms with van der Waals surface area (Å²) in [6, 6.07) is -0.552. The Bertz CT molecular complexity index is 1010. The molecule has 2 atom stereocenters. The highest BCUT2D eigenvalue weighted by Crippen LogP contribution is 2.17. The summed E-state index contributed by atoms with van der Waals surface area (Å²) in [5, 5.41) is 23.2. The monoisotopic (exact) mass is 916 g/mol. The van der Waals surface area contributed by atoms with Crippen molar-refractivity contribution in [3.8, 4) is 0 Å². The van der Waals surface area contributed by atoms with Gasteiger partial charge in [-0.15, -0.1) is 0 Å². The Balaban J connectivity index is 3.45. The van der Waals surface area contributed by atoms with Gasteiger partial charge in [-0.25, -0.2) is 0 Å². The number of allylic oxidation sites excluding steroid dienone is 4. The van der Waals surface area contributed by atoms with Crippen LogP contribution in [0.3, 0.4) is 0 Å². The van der Waals surface area contributed by atoms with Crippen LogP contribution >= 0.6 is 0 Å². The molecule has 0 aliphatic carbocycles. The smallest absolute Gasteiger partial charge is 0.305 e. The van der Waals surface area contributed by atoms with Gasteiger partial charge < -0.3 is 20.3 Å². The van der Waals surface area contributed by atoms with Gasteiger partial charge in [0.2, 0.25) is 5.91 Å². The normalized spacial score (nSPS) is 12.7. The molecule has 2 unspecified atom stereocenters. The van der Waals surface area contributed by atoms with Crippen LogP contribution in [0, 0.1) is 0 Å². The fourth-order valence-electron chi connectivity index (χ4n) is 9.02. The van der Waals surface area contributed by atoms with E-state index in [2.05, 4.69) is 43.5 Å². The highest BCUT2D eigenvalue weighted by molar-refractivity contribution is 5.76. The van der Waals surface area contributed by atoms with E-state index in [0.717, 1.165) is 83.5 Å². The molecule has 0 aromatic heterocycles. The van der Waals surface area contributed by atoms with E-state index in [1.807, 2.05) is 0 Å². The zero-order chi connectivity index (χ0) is 47.2. The number of amides is 1. The molecular weight excluding hydrogens is 803 g/mol. The lowest BCUT2D eigenvalue weighted by atomic mass is 10.0. The molecule has 0 fully saturated rings. The molecule has 6 heteroatoms. The number of nitrogens with one attached hydrogen (secondary N) is 1. The molecule has 0 aliphatic heterocycles. The number of hydrogen-bond donors (Lipinski definition) is 3. The molecule has 0 rings (SSSR count). The summed E-state index contributed by atoms with van der Waals surface area (Å²) < 4.78 is 5.47. The number of carbonyl (C=O) groups excluding carboxylic acids is 2. The fraction of sp³-hybridized carbons (Fsp3) is 0.898. The molecule has 0 bridgehead atoms. The van der Waals surface area contributed by atoms with Crippen LogP contribution in [-0.2, 0) is 14.3 Å². The Labute approximate surface area is 405 Å². The summed E-state index contributed by atoms with van der Waals surface area (Å²) in [4.78, 5) is 24.5. The summed E-state index contributed by atoms with van der Waals surface area (Å²) in [6.07, 6.45) is 66.0. The zero-order valence-electron chi connectivity index (χ0n) is 43.7. The standard InChI is InChI=1S/C59H113NO5/c1-3-5-7-9-11-13-15-17-18-19-20-23-26-29-33-37-41-45-49-53-59(64)65-54-50-46-42-38-34-30-27-24-21-22-25-28-32-36-40-44-48-52-58(63)60-56(55-61)57(62)51-47-43-39-35-31-16-14-12-10-8-6-4-2/h21,24,30,34,56-57,61-62H,3-20,22-23,25-29,31-33,35-55H2,1-2H3,(H,60,63)/b24-21-,34-30-. The van der Waals surface area contributed by atoms with E-state index >= 15 is 0 Å². The summed E-state index contributed by atoms with van der Waals surface area (Å²) in [6.45, 7) is 4.92. The van der Waals surface area contributed by atoms with Gasteiger partial charge >= 0.3 is 5.97 Å². The van der Waals surface area contributed by atoms with Gasteiger partial charge in [0.15, 0.2) is 0 Å². The molecule has 0 radical (unpaired) electrons. The maximum Gasteiger partial charge on any atom is 0.305 e. The molecule has 0 saturated heterocycles. The van der Waals surface area contributed by atoms with Crippen molar-refractivity contribution in [2.45, 2.75) is 328 Å². The average molecular weight is 917 g/mol. The van der Waals surface area contributed by atoms with Crippen molar-refractivity contribution < 1.29 is 24.5 Å². The maximum atomic E-state index is 12.4. The number of esters is 1. The number of unbranched alkanes of at least 4 members (excludes halogenated alkanes) is 39. The van der Waals surface area contributed by atoms with E-state index in [9.17, 15) is 19.8 Å². The second-order valence-electron chi connectivity index (χ2n) is 20.0. The second-order valence-corrected chi connectivity index (χ2v) is 20.0. The number of aliphatic hydroxyl groups excluding tert-OH is 2. The first-order chi connectivity index (χ1) is 32.0. The first-order valence-electron chi connectivity index (χ1n) is 29.1. The predicted molar refractivity (Wildman–Crippen MR) is 283 cm³/mol. The molecule has 0 aromatic carbocycles. The van der Waals surface area contributed by atoms with Gasteiger partial charge in [-0.05, 0) is 64.2 Å². The molecule has 1 amide bonds. The molecule has 65 heavy (non-hydrogen) atoms. The van der Waals surface area contributed by atoms with Gasteiger partial charge in [-0.3, -0.25) is 9.59 Å². The van der Waals surface area contributed by atoms with Crippen molar-refractivity contribution in [2.24, 2.45) is 0 Å². The van der Waals surface area contributed by atoms with Crippen LogP contribution in [-0.4, -0.2) is 47.4 Å². The van der Waals surface area contributed by atoms with Crippen LogP contribution in [0.1, 0.15) is 316 Å². The molecule has 0 spiro atoms. The van der Waals surface area contributed by atoms with Crippen LogP contribution in [0.25, 0.3) is 0 Å². The molecule has 0 aromatic rings. The van der Waals surface area contributed by atoms with Crippen molar-refractivity contribution in [1.29, 1.82) is 0 Å². The molecule has 0 saturated carbocycles. The number of ether oxygens (including phenoxy) is 1. The third-order valence-electron chi connectivity index (χ3n) is 13.5. The first-order valence-corrected chi connectivity index (χ1v) is 29.1. The van der Waals surface area contributed by atoms with E-state index in [-0.39, 0.29) is 18.5 Å². The van der Waals surface area contributed by atoms with Gasteiger partial charge in [0, 0.05) is 12.8 Å².